The third kappa shape index (κ3) is 5.49. The average molecular weight is 298 g/mol. The molecule has 1 aromatic carbocycles. The fourth-order valence-corrected chi connectivity index (χ4v) is 1.77. The molecule has 0 radical (unpaired) electrons. The third-order valence-corrected chi connectivity index (χ3v) is 2.93. The van der Waals surface area contributed by atoms with Crippen molar-refractivity contribution < 1.29 is 18.4 Å². The number of halogens is 2. The molecule has 1 aromatic rings. The van der Waals surface area contributed by atoms with Crippen molar-refractivity contribution in [2.24, 2.45) is 5.92 Å². The first-order chi connectivity index (χ1) is 9.81. The molecule has 0 aliphatic rings. The largest absolute Gasteiger partial charge is 0.355 e. The molecule has 0 bridgehead atoms. The van der Waals surface area contributed by atoms with Crippen LogP contribution in [0, 0.1) is 17.6 Å². The zero-order valence-electron chi connectivity index (χ0n) is 12.5. The van der Waals surface area contributed by atoms with Gasteiger partial charge in [-0.25, -0.2) is 8.78 Å². The van der Waals surface area contributed by atoms with Gasteiger partial charge in [-0.2, -0.15) is 0 Å². The topological polar surface area (TPSA) is 49.4 Å². The van der Waals surface area contributed by atoms with Gasteiger partial charge in [0.25, 0.3) is 0 Å². The summed E-state index contributed by atoms with van der Waals surface area (Å²) in [4.78, 5) is 24.4. The summed E-state index contributed by atoms with van der Waals surface area (Å²) in [5.74, 6) is -2.03. The molecule has 21 heavy (non-hydrogen) atoms. The van der Waals surface area contributed by atoms with E-state index in [4.69, 9.17) is 0 Å². The number of carbonyl (C=O) groups excluding carboxylic acids is 2. The first kappa shape index (κ1) is 17.1. The Kier molecular flexibility index (Phi) is 6.27. The minimum atomic E-state index is -0.875. The minimum absolute atomic E-state index is 0.108. The van der Waals surface area contributed by atoms with E-state index in [9.17, 15) is 18.4 Å². The lowest BCUT2D eigenvalue weighted by Gasteiger charge is -2.21. The van der Waals surface area contributed by atoms with Crippen LogP contribution in [-0.4, -0.2) is 24.9 Å². The van der Waals surface area contributed by atoms with Crippen LogP contribution in [0.1, 0.15) is 27.2 Å². The lowest BCUT2D eigenvalue weighted by atomic mass is 10.1. The van der Waals surface area contributed by atoms with Gasteiger partial charge in [-0.1, -0.05) is 13.8 Å². The summed E-state index contributed by atoms with van der Waals surface area (Å²) < 4.78 is 26.6. The molecule has 0 saturated heterocycles. The van der Waals surface area contributed by atoms with Gasteiger partial charge in [0.15, 0.2) is 0 Å². The Morgan fingerprint density at radius 1 is 1.29 bits per heavy atom. The van der Waals surface area contributed by atoms with E-state index in [0.717, 1.165) is 23.5 Å². The van der Waals surface area contributed by atoms with Gasteiger partial charge in [0, 0.05) is 19.5 Å². The molecule has 116 valence electrons. The number of nitrogens with one attached hydrogen (secondary N) is 1. The molecule has 4 nitrogen and oxygen atoms in total. The number of anilines is 1. The first-order valence-electron chi connectivity index (χ1n) is 6.81. The molecule has 0 aromatic heterocycles. The van der Waals surface area contributed by atoms with Crippen LogP contribution < -0.4 is 10.2 Å². The van der Waals surface area contributed by atoms with E-state index in [1.54, 1.807) is 0 Å². The maximum atomic E-state index is 13.7. The Balaban J connectivity index is 2.74. The molecule has 0 spiro atoms. The molecule has 0 aliphatic heterocycles. The van der Waals surface area contributed by atoms with Crippen molar-refractivity contribution in [3.05, 3.63) is 29.8 Å². The summed E-state index contributed by atoms with van der Waals surface area (Å²) in [6.07, 6.45) is 0.816. The SMILES string of the molecule is CC(=O)N(CC(=O)NCCC(C)C)c1ccc(F)cc1F. The maximum Gasteiger partial charge on any atom is 0.240 e. The summed E-state index contributed by atoms with van der Waals surface area (Å²) in [6, 6.07) is 2.88. The van der Waals surface area contributed by atoms with Crippen molar-refractivity contribution in [2.45, 2.75) is 27.2 Å². The van der Waals surface area contributed by atoms with Crippen LogP contribution in [-0.2, 0) is 9.59 Å². The van der Waals surface area contributed by atoms with Crippen molar-refractivity contribution in [1.82, 2.24) is 5.32 Å². The third-order valence-electron chi connectivity index (χ3n) is 2.93. The Morgan fingerprint density at radius 3 is 2.48 bits per heavy atom. The number of hydrogen-bond donors (Lipinski definition) is 1. The molecular weight excluding hydrogens is 278 g/mol. The number of benzene rings is 1. The van der Waals surface area contributed by atoms with Crippen LogP contribution >= 0.6 is 0 Å². The highest BCUT2D eigenvalue weighted by molar-refractivity contribution is 5.97. The van der Waals surface area contributed by atoms with Crippen LogP contribution in [0.25, 0.3) is 0 Å². The first-order valence-corrected chi connectivity index (χ1v) is 6.81. The van der Waals surface area contributed by atoms with E-state index in [1.165, 1.54) is 6.92 Å². The van der Waals surface area contributed by atoms with Gasteiger partial charge in [-0.15, -0.1) is 0 Å². The molecule has 2 amide bonds. The van der Waals surface area contributed by atoms with Crippen molar-refractivity contribution in [2.75, 3.05) is 18.0 Å². The van der Waals surface area contributed by atoms with Gasteiger partial charge in [0.2, 0.25) is 11.8 Å². The van der Waals surface area contributed by atoms with E-state index >= 15 is 0 Å². The monoisotopic (exact) mass is 298 g/mol. The van der Waals surface area contributed by atoms with Gasteiger partial charge in [0.05, 0.1) is 5.69 Å². The van der Waals surface area contributed by atoms with Gasteiger partial charge in [-0.05, 0) is 24.5 Å². The minimum Gasteiger partial charge on any atom is -0.355 e. The van der Waals surface area contributed by atoms with Crippen LogP contribution in [0.2, 0.25) is 0 Å². The average Bonchev–Trinajstić information content (AvgIpc) is 2.36. The van der Waals surface area contributed by atoms with Gasteiger partial charge in [-0.3, -0.25) is 9.59 Å². The molecule has 6 heteroatoms. The van der Waals surface area contributed by atoms with Crippen LogP contribution in [0.3, 0.4) is 0 Å². The highest BCUT2D eigenvalue weighted by Crippen LogP contribution is 2.20. The second-order valence-electron chi connectivity index (χ2n) is 5.23. The fraction of sp³-hybridized carbons (Fsp3) is 0.467. The van der Waals surface area contributed by atoms with Crippen LogP contribution in [0.5, 0.6) is 0 Å². The normalized spacial score (nSPS) is 10.6. The lowest BCUT2D eigenvalue weighted by Crippen LogP contribution is -2.40. The summed E-state index contributed by atoms with van der Waals surface area (Å²) in [5.41, 5.74) is -0.108. The number of hydrogen-bond acceptors (Lipinski definition) is 2. The van der Waals surface area contributed by atoms with Gasteiger partial charge in [0.1, 0.15) is 18.2 Å². The van der Waals surface area contributed by atoms with E-state index in [2.05, 4.69) is 5.32 Å². The zero-order valence-corrected chi connectivity index (χ0v) is 12.5. The molecule has 0 unspecified atom stereocenters. The summed E-state index contributed by atoms with van der Waals surface area (Å²) in [5, 5.41) is 2.67. The van der Waals surface area contributed by atoms with E-state index in [0.29, 0.717) is 18.5 Å². The summed E-state index contributed by atoms with van der Waals surface area (Å²) in [6.45, 7) is 5.48. The highest BCUT2D eigenvalue weighted by Gasteiger charge is 2.19. The molecular formula is C15H20F2N2O2. The van der Waals surface area contributed by atoms with Crippen molar-refractivity contribution in [1.29, 1.82) is 0 Å². The lowest BCUT2D eigenvalue weighted by molar-refractivity contribution is -0.123. The molecule has 0 fully saturated rings. The molecule has 1 rings (SSSR count). The maximum absolute atomic E-state index is 13.7. The number of amides is 2. The molecule has 0 heterocycles. The van der Waals surface area contributed by atoms with Gasteiger partial charge < -0.3 is 10.2 Å². The second kappa shape index (κ2) is 7.71. The molecule has 0 saturated carbocycles. The van der Waals surface area contributed by atoms with Crippen LogP contribution in [0.4, 0.5) is 14.5 Å². The Bertz CT molecular complexity index is 518. The molecule has 1 N–H and O–H groups in total. The van der Waals surface area contributed by atoms with Crippen LogP contribution in [0.15, 0.2) is 18.2 Å². The van der Waals surface area contributed by atoms with Crippen molar-refractivity contribution in [3.8, 4) is 0 Å². The summed E-state index contributed by atoms with van der Waals surface area (Å²) in [7, 11) is 0. The van der Waals surface area contributed by atoms with Crippen molar-refractivity contribution in [3.63, 3.8) is 0 Å². The molecule has 0 aliphatic carbocycles. The van der Waals surface area contributed by atoms with Gasteiger partial charge >= 0.3 is 0 Å². The predicted octanol–water partition coefficient (Wildman–Crippen LogP) is 2.48. The zero-order chi connectivity index (χ0) is 16.0. The fourth-order valence-electron chi connectivity index (χ4n) is 1.77. The van der Waals surface area contributed by atoms with E-state index < -0.39 is 17.5 Å². The van der Waals surface area contributed by atoms with E-state index in [-0.39, 0.29) is 18.1 Å². The number of rotatable bonds is 6. The quantitative estimate of drug-likeness (QED) is 0.877. The smallest absolute Gasteiger partial charge is 0.240 e. The Hall–Kier alpha value is -1.98. The van der Waals surface area contributed by atoms with E-state index in [1.807, 2.05) is 13.8 Å². The van der Waals surface area contributed by atoms with Crippen molar-refractivity contribution >= 4 is 17.5 Å². The second-order valence-corrected chi connectivity index (χ2v) is 5.23. The summed E-state index contributed by atoms with van der Waals surface area (Å²) >= 11 is 0. The number of carbonyl (C=O) groups is 2. The Labute approximate surface area is 123 Å². The molecule has 0 atom stereocenters. The Morgan fingerprint density at radius 2 is 1.95 bits per heavy atom. The number of nitrogens with zero attached hydrogens (tertiary/aromatic N) is 1. The standard InChI is InChI=1S/C15H20F2N2O2/c1-10(2)6-7-18-15(21)9-19(11(3)20)14-5-4-12(16)8-13(14)17/h4-5,8,10H,6-7,9H2,1-3H3,(H,18,21). The predicted molar refractivity (Wildman–Crippen MR) is 76.8 cm³/mol. The highest BCUT2D eigenvalue weighted by atomic mass is 19.1.